The van der Waals surface area contributed by atoms with E-state index in [2.05, 4.69) is 20.6 Å². The Bertz CT molecular complexity index is 595. The van der Waals surface area contributed by atoms with Crippen LogP contribution in [0, 0.1) is 0 Å². The summed E-state index contributed by atoms with van der Waals surface area (Å²) < 4.78 is 0. The van der Waals surface area contributed by atoms with Crippen molar-refractivity contribution < 1.29 is 9.59 Å². The molecule has 0 unspecified atom stereocenters. The molecule has 0 aliphatic rings. The summed E-state index contributed by atoms with van der Waals surface area (Å²) in [5.41, 5.74) is 2.06. The molecule has 0 aromatic carbocycles. The Morgan fingerprint density at radius 2 is 1.16 bits per heavy atom. The molecule has 0 saturated heterocycles. The molecular formula is C18H22N4O2S. The van der Waals surface area contributed by atoms with Crippen molar-refractivity contribution >= 4 is 23.6 Å². The summed E-state index contributed by atoms with van der Waals surface area (Å²) in [4.78, 5) is 31.4. The largest absolute Gasteiger partial charge is 0.352 e. The molecule has 0 aliphatic heterocycles. The van der Waals surface area contributed by atoms with Gasteiger partial charge in [0, 0.05) is 62.2 Å². The second-order valence-electron chi connectivity index (χ2n) is 5.38. The van der Waals surface area contributed by atoms with Gasteiger partial charge in [-0.05, 0) is 35.4 Å². The van der Waals surface area contributed by atoms with E-state index >= 15 is 0 Å². The monoisotopic (exact) mass is 358 g/mol. The minimum atomic E-state index is 0.0199. The first-order valence-electron chi connectivity index (χ1n) is 8.13. The van der Waals surface area contributed by atoms with Crippen LogP contribution in [0.5, 0.6) is 0 Å². The summed E-state index contributed by atoms with van der Waals surface area (Å²) in [6.45, 7) is 1.03. The van der Waals surface area contributed by atoms with Gasteiger partial charge in [0.05, 0.1) is 0 Å². The van der Waals surface area contributed by atoms with Gasteiger partial charge >= 0.3 is 0 Å². The zero-order valence-electron chi connectivity index (χ0n) is 14.0. The van der Waals surface area contributed by atoms with Crippen LogP contribution in [0.4, 0.5) is 0 Å². The summed E-state index contributed by atoms with van der Waals surface area (Å²) in [5.74, 6) is 1.46. The Morgan fingerprint density at radius 3 is 1.56 bits per heavy atom. The molecule has 6 nitrogen and oxygen atoms in total. The molecule has 0 radical (unpaired) electrons. The highest BCUT2D eigenvalue weighted by Crippen LogP contribution is 2.05. The number of carbonyl (C=O) groups excluding carboxylic acids is 2. The number of hydrogen-bond acceptors (Lipinski definition) is 5. The number of hydrogen-bond donors (Lipinski definition) is 2. The van der Waals surface area contributed by atoms with Crippen LogP contribution in [0.1, 0.15) is 24.0 Å². The van der Waals surface area contributed by atoms with Crippen LogP contribution in [-0.4, -0.2) is 33.3 Å². The molecule has 2 heterocycles. The second-order valence-corrected chi connectivity index (χ2v) is 6.60. The van der Waals surface area contributed by atoms with Crippen LogP contribution in [0.2, 0.25) is 0 Å². The van der Waals surface area contributed by atoms with Crippen LogP contribution in [0.25, 0.3) is 0 Å². The fraction of sp³-hybridized carbons (Fsp3) is 0.333. The van der Waals surface area contributed by atoms with E-state index in [0.29, 0.717) is 37.4 Å². The maximum absolute atomic E-state index is 11.7. The van der Waals surface area contributed by atoms with E-state index < -0.39 is 0 Å². The molecule has 0 fully saturated rings. The molecule has 7 heteroatoms. The Balaban J connectivity index is 1.48. The maximum Gasteiger partial charge on any atom is 0.221 e. The van der Waals surface area contributed by atoms with Crippen molar-refractivity contribution in [2.75, 3.05) is 11.5 Å². The van der Waals surface area contributed by atoms with Crippen molar-refractivity contribution in [3.05, 3.63) is 60.2 Å². The first kappa shape index (κ1) is 18.9. The van der Waals surface area contributed by atoms with E-state index in [-0.39, 0.29) is 11.8 Å². The number of aromatic nitrogens is 2. The van der Waals surface area contributed by atoms with Crippen molar-refractivity contribution in [2.45, 2.75) is 25.9 Å². The first-order valence-corrected chi connectivity index (χ1v) is 9.28. The third-order valence-electron chi connectivity index (χ3n) is 3.42. The van der Waals surface area contributed by atoms with Crippen molar-refractivity contribution in [1.82, 2.24) is 20.6 Å². The fourth-order valence-corrected chi connectivity index (χ4v) is 2.87. The van der Waals surface area contributed by atoms with E-state index in [1.165, 1.54) is 0 Å². The number of rotatable bonds is 10. The first-order chi connectivity index (χ1) is 12.2. The quantitative estimate of drug-likeness (QED) is 0.634. The summed E-state index contributed by atoms with van der Waals surface area (Å²) in [6.07, 6.45) is 7.73. The van der Waals surface area contributed by atoms with Crippen molar-refractivity contribution in [1.29, 1.82) is 0 Å². The number of pyridine rings is 2. The molecule has 132 valence electrons. The van der Waals surface area contributed by atoms with Gasteiger partial charge < -0.3 is 10.6 Å². The topological polar surface area (TPSA) is 84.0 Å². The molecule has 25 heavy (non-hydrogen) atoms. The third-order valence-corrected chi connectivity index (χ3v) is 4.41. The number of thioether (sulfide) groups is 1. The molecule has 2 N–H and O–H groups in total. The maximum atomic E-state index is 11.7. The predicted molar refractivity (Wildman–Crippen MR) is 98.7 cm³/mol. The molecule has 2 aromatic heterocycles. The molecule has 0 saturated carbocycles. The molecule has 0 aliphatic carbocycles. The number of carbonyl (C=O) groups is 2. The third kappa shape index (κ3) is 8.30. The number of amides is 2. The molecule has 0 bridgehead atoms. The van der Waals surface area contributed by atoms with Gasteiger partial charge in [0.1, 0.15) is 0 Å². The lowest BCUT2D eigenvalue weighted by atomic mass is 10.2. The van der Waals surface area contributed by atoms with Crippen molar-refractivity contribution in [2.24, 2.45) is 0 Å². The van der Waals surface area contributed by atoms with Gasteiger partial charge in [0.2, 0.25) is 11.8 Å². The van der Waals surface area contributed by atoms with Gasteiger partial charge in [0.15, 0.2) is 0 Å². The number of nitrogens with one attached hydrogen (secondary N) is 2. The average molecular weight is 358 g/mol. The summed E-state index contributed by atoms with van der Waals surface area (Å²) in [5, 5.41) is 5.75. The minimum absolute atomic E-state index is 0.0199. The van der Waals surface area contributed by atoms with E-state index in [9.17, 15) is 9.59 Å². The van der Waals surface area contributed by atoms with Crippen LogP contribution in [0.3, 0.4) is 0 Å². The highest BCUT2D eigenvalue weighted by atomic mass is 32.2. The van der Waals surface area contributed by atoms with E-state index in [1.807, 2.05) is 24.3 Å². The van der Waals surface area contributed by atoms with E-state index in [1.54, 1.807) is 36.5 Å². The van der Waals surface area contributed by atoms with Crippen molar-refractivity contribution in [3.8, 4) is 0 Å². The lowest BCUT2D eigenvalue weighted by Crippen LogP contribution is -2.24. The second kappa shape index (κ2) is 11.2. The fourth-order valence-electron chi connectivity index (χ4n) is 2.01. The van der Waals surface area contributed by atoms with Crippen LogP contribution in [-0.2, 0) is 22.7 Å². The van der Waals surface area contributed by atoms with Gasteiger partial charge in [0.25, 0.3) is 0 Å². The molecule has 0 spiro atoms. The Morgan fingerprint density at radius 1 is 0.760 bits per heavy atom. The van der Waals surface area contributed by atoms with Gasteiger partial charge in [-0.25, -0.2) is 0 Å². The highest BCUT2D eigenvalue weighted by molar-refractivity contribution is 7.99. The molecular weight excluding hydrogens is 336 g/mol. The average Bonchev–Trinajstić information content (AvgIpc) is 2.66. The lowest BCUT2D eigenvalue weighted by Gasteiger charge is -2.06. The smallest absolute Gasteiger partial charge is 0.221 e. The zero-order valence-corrected chi connectivity index (χ0v) is 14.8. The van der Waals surface area contributed by atoms with Gasteiger partial charge in [-0.2, -0.15) is 11.8 Å². The van der Waals surface area contributed by atoms with Crippen LogP contribution >= 0.6 is 11.8 Å². The van der Waals surface area contributed by atoms with E-state index in [4.69, 9.17) is 0 Å². The highest BCUT2D eigenvalue weighted by Gasteiger charge is 2.04. The minimum Gasteiger partial charge on any atom is -0.352 e. The van der Waals surface area contributed by atoms with E-state index in [0.717, 1.165) is 11.1 Å². The Labute approximate surface area is 151 Å². The van der Waals surface area contributed by atoms with Gasteiger partial charge in [-0.15, -0.1) is 0 Å². The molecule has 2 amide bonds. The number of nitrogens with zero attached hydrogens (tertiary/aromatic N) is 2. The lowest BCUT2D eigenvalue weighted by molar-refractivity contribution is -0.121. The summed E-state index contributed by atoms with van der Waals surface area (Å²) >= 11 is 1.61. The van der Waals surface area contributed by atoms with Crippen LogP contribution < -0.4 is 10.6 Å². The predicted octanol–water partition coefficient (Wildman–Crippen LogP) is 1.92. The Kier molecular flexibility index (Phi) is 8.48. The zero-order chi connectivity index (χ0) is 17.7. The summed E-state index contributed by atoms with van der Waals surface area (Å²) in [7, 11) is 0. The van der Waals surface area contributed by atoms with Gasteiger partial charge in [-0.3, -0.25) is 19.6 Å². The Hall–Kier alpha value is -2.41. The standard InChI is InChI=1S/C18H22N4O2S/c23-17(21-13-15-1-7-19-8-2-15)5-11-25-12-6-18(24)22-14-16-3-9-20-10-4-16/h1-4,7-10H,5-6,11-14H2,(H,21,23)(H,22,24). The summed E-state index contributed by atoms with van der Waals surface area (Å²) in [6, 6.07) is 7.50. The molecule has 2 aromatic rings. The molecule has 2 rings (SSSR count). The normalized spacial score (nSPS) is 10.2. The molecule has 0 atom stereocenters. The SMILES string of the molecule is O=C(CCSCCC(=O)NCc1ccncc1)NCc1ccncc1. The van der Waals surface area contributed by atoms with Crippen LogP contribution in [0.15, 0.2) is 49.1 Å². The van der Waals surface area contributed by atoms with Crippen molar-refractivity contribution in [3.63, 3.8) is 0 Å². The van der Waals surface area contributed by atoms with Gasteiger partial charge in [-0.1, -0.05) is 0 Å².